The Morgan fingerprint density at radius 1 is 1.34 bits per heavy atom. The molecule has 2 aromatic rings. The predicted molar refractivity (Wildman–Crippen MR) is 109 cm³/mol. The fraction of sp³-hybridized carbons (Fsp3) is 0.429. The van der Waals surface area contributed by atoms with Crippen LogP contribution in [0.25, 0.3) is 11.3 Å². The topological polar surface area (TPSA) is 88.3 Å². The number of rotatable bonds is 3. The van der Waals surface area contributed by atoms with Crippen LogP contribution in [0.1, 0.15) is 39.2 Å². The van der Waals surface area contributed by atoms with Crippen molar-refractivity contribution in [3.63, 3.8) is 0 Å². The van der Waals surface area contributed by atoms with E-state index < -0.39 is 5.60 Å². The van der Waals surface area contributed by atoms with Crippen LogP contribution in [0, 0.1) is 11.3 Å². The molecular formula is C21H23ClN4O3. The first-order chi connectivity index (χ1) is 13.7. The van der Waals surface area contributed by atoms with Gasteiger partial charge in [-0.1, -0.05) is 0 Å². The highest BCUT2D eigenvalue weighted by Crippen LogP contribution is 2.28. The lowest BCUT2D eigenvalue weighted by atomic mass is 10.1. The smallest absolute Gasteiger partial charge is 0.410 e. The van der Waals surface area contributed by atoms with E-state index in [9.17, 15) is 10.1 Å². The zero-order chi connectivity index (χ0) is 21.0. The maximum Gasteiger partial charge on any atom is 0.410 e. The predicted octanol–water partition coefficient (Wildman–Crippen LogP) is 4.45. The molecule has 0 saturated carbocycles. The normalized spacial score (nSPS) is 16.8. The van der Waals surface area contributed by atoms with Gasteiger partial charge in [0.25, 0.3) is 0 Å². The van der Waals surface area contributed by atoms with E-state index in [0.29, 0.717) is 30.1 Å². The van der Waals surface area contributed by atoms with Crippen LogP contribution in [0.4, 0.5) is 4.79 Å². The Hall–Kier alpha value is -2.85. The molecule has 8 heteroatoms. The zero-order valence-corrected chi connectivity index (χ0v) is 17.4. The van der Waals surface area contributed by atoms with Crippen LogP contribution < -0.4 is 4.74 Å². The minimum atomic E-state index is -0.543. The molecule has 1 fully saturated rings. The van der Waals surface area contributed by atoms with Crippen LogP contribution >= 0.6 is 11.6 Å². The molecule has 0 bridgehead atoms. The van der Waals surface area contributed by atoms with Gasteiger partial charge in [-0.3, -0.25) is 0 Å². The summed E-state index contributed by atoms with van der Waals surface area (Å²) in [5.41, 5.74) is 1.23. The van der Waals surface area contributed by atoms with Gasteiger partial charge in [0.15, 0.2) is 0 Å². The van der Waals surface area contributed by atoms with Gasteiger partial charge in [0.2, 0.25) is 5.28 Å². The number of ether oxygens (including phenoxy) is 2. The molecule has 7 nitrogen and oxygen atoms in total. The van der Waals surface area contributed by atoms with E-state index >= 15 is 0 Å². The molecule has 0 spiro atoms. The molecule has 1 atom stereocenters. The maximum atomic E-state index is 12.3. The Morgan fingerprint density at radius 3 is 2.83 bits per heavy atom. The first-order valence-corrected chi connectivity index (χ1v) is 9.80. The number of carbonyl (C=O) groups excluding carboxylic acids is 1. The lowest BCUT2D eigenvalue weighted by Gasteiger charge is -2.34. The monoisotopic (exact) mass is 414 g/mol. The van der Waals surface area contributed by atoms with E-state index in [1.54, 1.807) is 29.3 Å². The molecule has 152 valence electrons. The summed E-state index contributed by atoms with van der Waals surface area (Å²) in [6, 6.07) is 9.17. The van der Waals surface area contributed by atoms with E-state index in [-0.39, 0.29) is 17.5 Å². The molecule has 0 N–H and O–H groups in total. The second-order valence-electron chi connectivity index (χ2n) is 7.84. The Morgan fingerprint density at radius 2 is 2.14 bits per heavy atom. The fourth-order valence-corrected chi connectivity index (χ4v) is 3.23. The Kier molecular flexibility index (Phi) is 6.23. The molecule has 1 aliphatic heterocycles. The quantitative estimate of drug-likeness (QED) is 0.689. The largest absolute Gasteiger partial charge is 0.487 e. The molecule has 1 aliphatic rings. The summed E-state index contributed by atoms with van der Waals surface area (Å²) in [5, 5.41) is 9.71. The fourth-order valence-electron chi connectivity index (χ4n) is 3.08. The van der Waals surface area contributed by atoms with Gasteiger partial charge in [0.05, 0.1) is 17.8 Å². The summed E-state index contributed by atoms with van der Waals surface area (Å²) < 4.78 is 11.5. The molecule has 1 amide bonds. The summed E-state index contributed by atoms with van der Waals surface area (Å²) in [4.78, 5) is 22.0. The third-order valence-corrected chi connectivity index (χ3v) is 4.53. The number of carbonyl (C=O) groups is 1. The number of hydrogen-bond acceptors (Lipinski definition) is 6. The average Bonchev–Trinajstić information content (AvgIpc) is 2.67. The van der Waals surface area contributed by atoms with Gasteiger partial charge in [0.1, 0.15) is 23.5 Å². The van der Waals surface area contributed by atoms with Crippen LogP contribution in [0.2, 0.25) is 5.28 Å². The Balaban J connectivity index is 1.72. The molecule has 0 aliphatic carbocycles. The molecule has 3 rings (SSSR count). The molecular weight excluding hydrogens is 392 g/mol. The summed E-state index contributed by atoms with van der Waals surface area (Å²) >= 11 is 5.85. The van der Waals surface area contributed by atoms with Crippen LogP contribution in [0.5, 0.6) is 5.75 Å². The maximum absolute atomic E-state index is 12.3. The van der Waals surface area contributed by atoms with Crippen LogP contribution in [-0.4, -0.2) is 45.8 Å². The summed E-state index contributed by atoms with van der Waals surface area (Å²) in [7, 11) is 0. The van der Waals surface area contributed by atoms with Crippen molar-refractivity contribution < 1.29 is 14.3 Å². The zero-order valence-electron chi connectivity index (χ0n) is 16.7. The van der Waals surface area contributed by atoms with Gasteiger partial charge < -0.3 is 14.4 Å². The lowest BCUT2D eigenvalue weighted by molar-refractivity contribution is 0.00773. The highest BCUT2D eigenvalue weighted by molar-refractivity contribution is 6.28. The Bertz CT molecular complexity index is 936. The molecule has 1 aromatic carbocycles. The number of halogens is 1. The minimum Gasteiger partial charge on any atom is -0.487 e. The van der Waals surface area contributed by atoms with Gasteiger partial charge in [-0.25, -0.2) is 14.8 Å². The number of hydrogen-bond donors (Lipinski definition) is 0. The van der Waals surface area contributed by atoms with Gasteiger partial charge in [-0.05, 0) is 69.5 Å². The SMILES string of the molecule is CC(C)(C)OC(=O)N1CCCC(Oc2ccc(-c3ccnc(Cl)n3)cc2C#N)C1. The summed E-state index contributed by atoms with van der Waals surface area (Å²) in [5.74, 6) is 0.479. The van der Waals surface area contributed by atoms with E-state index in [0.717, 1.165) is 18.4 Å². The third kappa shape index (κ3) is 5.58. The van der Waals surface area contributed by atoms with Crippen LogP contribution in [0.3, 0.4) is 0 Å². The molecule has 1 unspecified atom stereocenters. The molecule has 2 heterocycles. The average molecular weight is 415 g/mol. The first-order valence-electron chi connectivity index (χ1n) is 9.43. The van der Waals surface area contributed by atoms with Gasteiger partial charge in [-0.2, -0.15) is 5.26 Å². The van der Waals surface area contributed by atoms with Crippen LogP contribution in [-0.2, 0) is 4.74 Å². The van der Waals surface area contributed by atoms with Crippen molar-refractivity contribution in [1.82, 2.24) is 14.9 Å². The molecule has 0 radical (unpaired) electrons. The number of likely N-dealkylation sites (tertiary alicyclic amines) is 1. The van der Waals surface area contributed by atoms with Crippen molar-refractivity contribution in [3.05, 3.63) is 41.3 Å². The van der Waals surface area contributed by atoms with E-state index in [1.807, 2.05) is 26.8 Å². The van der Waals surface area contributed by atoms with Gasteiger partial charge >= 0.3 is 6.09 Å². The van der Waals surface area contributed by atoms with Crippen LogP contribution in [0.15, 0.2) is 30.5 Å². The number of nitrogens with zero attached hydrogens (tertiary/aromatic N) is 4. The highest BCUT2D eigenvalue weighted by Gasteiger charge is 2.29. The number of amides is 1. The standard InChI is InChI=1S/C21H23ClN4O3/c1-21(2,3)29-20(27)26-10-4-5-16(13-26)28-18-7-6-14(11-15(18)12-23)17-8-9-24-19(22)25-17/h6-9,11,16H,4-5,10,13H2,1-3H3. The summed E-state index contributed by atoms with van der Waals surface area (Å²) in [6.07, 6.45) is 2.62. The van der Waals surface area contributed by atoms with Crippen molar-refractivity contribution in [1.29, 1.82) is 5.26 Å². The van der Waals surface area contributed by atoms with E-state index in [2.05, 4.69) is 16.0 Å². The first kappa shape index (κ1) is 20.9. The second kappa shape index (κ2) is 8.66. The third-order valence-electron chi connectivity index (χ3n) is 4.35. The number of piperidine rings is 1. The minimum absolute atomic E-state index is 0.144. The van der Waals surface area contributed by atoms with Crippen molar-refractivity contribution in [2.24, 2.45) is 0 Å². The van der Waals surface area contributed by atoms with E-state index in [1.165, 1.54) is 0 Å². The van der Waals surface area contributed by atoms with Crippen molar-refractivity contribution >= 4 is 17.7 Å². The van der Waals surface area contributed by atoms with Gasteiger partial charge in [0, 0.05) is 18.3 Å². The second-order valence-corrected chi connectivity index (χ2v) is 8.18. The highest BCUT2D eigenvalue weighted by atomic mass is 35.5. The van der Waals surface area contributed by atoms with E-state index in [4.69, 9.17) is 21.1 Å². The molecule has 1 saturated heterocycles. The number of aromatic nitrogens is 2. The summed E-state index contributed by atoms with van der Waals surface area (Å²) in [6.45, 7) is 6.58. The lowest BCUT2D eigenvalue weighted by Crippen LogP contribution is -2.46. The van der Waals surface area contributed by atoms with Crippen molar-refractivity contribution in [2.75, 3.05) is 13.1 Å². The molecule has 1 aromatic heterocycles. The van der Waals surface area contributed by atoms with Crippen molar-refractivity contribution in [3.8, 4) is 23.1 Å². The van der Waals surface area contributed by atoms with Gasteiger partial charge in [-0.15, -0.1) is 0 Å². The number of nitriles is 1. The molecule has 29 heavy (non-hydrogen) atoms. The number of benzene rings is 1. The Labute approximate surface area is 175 Å². The van der Waals surface area contributed by atoms with Crippen molar-refractivity contribution in [2.45, 2.75) is 45.3 Å².